The predicted molar refractivity (Wildman–Crippen MR) is 116 cm³/mol. The molecule has 6 nitrogen and oxygen atoms in total. The first-order valence-electron chi connectivity index (χ1n) is 10.2. The summed E-state index contributed by atoms with van der Waals surface area (Å²) in [5, 5.41) is 7.08. The number of carbonyl (C=O) groups excluding carboxylic acids is 3. The Morgan fingerprint density at radius 2 is 2.03 bits per heavy atom. The average molecular weight is 429 g/mol. The molecule has 7 heteroatoms. The highest BCUT2D eigenvalue weighted by molar-refractivity contribution is 7.07. The van der Waals surface area contributed by atoms with Crippen molar-refractivity contribution in [3.8, 4) is 0 Å². The minimum atomic E-state index is -1.16. The van der Waals surface area contributed by atoms with Gasteiger partial charge in [0.2, 0.25) is 17.7 Å². The minimum absolute atomic E-state index is 0.00909. The van der Waals surface area contributed by atoms with Gasteiger partial charge in [0.1, 0.15) is 0 Å². The van der Waals surface area contributed by atoms with Crippen LogP contribution in [0.3, 0.4) is 0 Å². The number of hydrogen-bond donors (Lipinski definition) is 1. The molecule has 2 atom stereocenters. The van der Waals surface area contributed by atoms with Crippen LogP contribution in [0.4, 0.5) is 0 Å². The Morgan fingerprint density at radius 1 is 1.27 bits per heavy atom. The maximum Gasteiger partial charge on any atom is 0.240 e. The van der Waals surface area contributed by atoms with Crippen molar-refractivity contribution in [2.45, 2.75) is 44.1 Å². The lowest BCUT2D eigenvalue weighted by Crippen LogP contribution is -2.44. The van der Waals surface area contributed by atoms with Crippen molar-refractivity contribution in [2.24, 2.45) is 0 Å². The summed E-state index contributed by atoms with van der Waals surface area (Å²) >= 11 is 1.62. The van der Waals surface area contributed by atoms with Crippen LogP contribution in [0.5, 0.6) is 0 Å². The molecule has 3 amide bonds. The number of nitrogens with zero attached hydrogens (tertiary/aromatic N) is 1. The number of carbonyl (C=O) groups is 3. The van der Waals surface area contributed by atoms with E-state index in [1.54, 1.807) is 18.4 Å². The molecule has 1 N–H and O–H groups in total. The first kappa shape index (κ1) is 22.2. The fourth-order valence-electron chi connectivity index (χ4n) is 4.03. The van der Waals surface area contributed by atoms with Crippen LogP contribution in [0.2, 0.25) is 0 Å². The van der Waals surface area contributed by atoms with E-state index in [1.165, 1.54) is 10.5 Å². The summed E-state index contributed by atoms with van der Waals surface area (Å²) in [6.45, 7) is 2.72. The number of benzene rings is 1. The number of likely N-dealkylation sites (tertiary alicyclic amines) is 1. The van der Waals surface area contributed by atoms with E-state index in [1.807, 2.05) is 48.7 Å². The molecule has 1 saturated heterocycles. The van der Waals surface area contributed by atoms with Gasteiger partial charge < -0.3 is 10.1 Å². The van der Waals surface area contributed by atoms with Crippen molar-refractivity contribution in [1.82, 2.24) is 10.2 Å². The van der Waals surface area contributed by atoms with Gasteiger partial charge in [0.05, 0.1) is 5.41 Å². The van der Waals surface area contributed by atoms with E-state index in [-0.39, 0.29) is 36.6 Å². The molecule has 1 aliphatic heterocycles. The molecule has 2 aromatic rings. The van der Waals surface area contributed by atoms with Gasteiger partial charge in [0.15, 0.2) is 0 Å². The average Bonchev–Trinajstić information content (AvgIpc) is 3.31. The topological polar surface area (TPSA) is 75.7 Å². The van der Waals surface area contributed by atoms with Gasteiger partial charge in [0.25, 0.3) is 0 Å². The molecule has 0 unspecified atom stereocenters. The maximum atomic E-state index is 13.4. The van der Waals surface area contributed by atoms with Gasteiger partial charge in [-0.3, -0.25) is 19.3 Å². The van der Waals surface area contributed by atoms with Gasteiger partial charge in [0, 0.05) is 39.1 Å². The summed E-state index contributed by atoms with van der Waals surface area (Å²) in [5.74, 6) is -0.754. The van der Waals surface area contributed by atoms with Gasteiger partial charge in [-0.1, -0.05) is 30.3 Å². The second-order valence-electron chi connectivity index (χ2n) is 7.80. The summed E-state index contributed by atoms with van der Waals surface area (Å²) in [4.78, 5) is 40.3. The van der Waals surface area contributed by atoms with Crippen molar-refractivity contribution in [3.05, 3.63) is 58.3 Å². The number of amides is 3. The third-order valence-corrected chi connectivity index (χ3v) is 6.19. The van der Waals surface area contributed by atoms with Gasteiger partial charge in [-0.25, -0.2) is 0 Å². The van der Waals surface area contributed by atoms with E-state index in [9.17, 15) is 14.4 Å². The lowest BCUT2D eigenvalue weighted by Gasteiger charge is -2.27. The summed E-state index contributed by atoms with van der Waals surface area (Å²) in [6, 6.07) is 11.1. The molecule has 1 aromatic carbocycles. The van der Waals surface area contributed by atoms with Crippen LogP contribution >= 0.6 is 11.3 Å². The Morgan fingerprint density at radius 3 is 2.70 bits per heavy atom. The molecule has 1 aromatic heterocycles. The fourth-order valence-corrected chi connectivity index (χ4v) is 4.71. The fraction of sp³-hybridized carbons (Fsp3) is 0.435. The Bertz CT molecular complexity index is 869. The zero-order valence-corrected chi connectivity index (χ0v) is 18.2. The summed E-state index contributed by atoms with van der Waals surface area (Å²) < 4.78 is 5.05. The lowest BCUT2D eigenvalue weighted by atomic mass is 9.75. The number of nitrogens with one attached hydrogen (secondary N) is 1. The molecule has 0 bridgehead atoms. The van der Waals surface area contributed by atoms with Crippen LogP contribution < -0.4 is 5.32 Å². The van der Waals surface area contributed by atoms with E-state index >= 15 is 0 Å². The Hall–Kier alpha value is -2.51. The van der Waals surface area contributed by atoms with Crippen molar-refractivity contribution in [1.29, 1.82) is 0 Å². The largest absolute Gasteiger partial charge is 0.385 e. The Balaban J connectivity index is 1.77. The second kappa shape index (κ2) is 10.00. The monoisotopic (exact) mass is 428 g/mol. The lowest BCUT2D eigenvalue weighted by molar-refractivity contribution is -0.141. The number of methoxy groups -OCH3 is 1. The second-order valence-corrected chi connectivity index (χ2v) is 8.58. The van der Waals surface area contributed by atoms with Gasteiger partial charge in [-0.15, -0.1) is 0 Å². The summed E-state index contributed by atoms with van der Waals surface area (Å²) in [5.41, 5.74) is 0.720. The first-order valence-corrected chi connectivity index (χ1v) is 11.1. The summed E-state index contributed by atoms with van der Waals surface area (Å²) in [7, 11) is 1.59. The van der Waals surface area contributed by atoms with Gasteiger partial charge in [-0.2, -0.15) is 11.3 Å². The smallest absolute Gasteiger partial charge is 0.240 e. The van der Waals surface area contributed by atoms with Crippen LogP contribution in [-0.2, 0) is 31.0 Å². The summed E-state index contributed by atoms with van der Waals surface area (Å²) in [6.07, 6.45) is 1.26. The van der Waals surface area contributed by atoms with Crippen LogP contribution in [0.25, 0.3) is 0 Å². The SMILES string of the molecule is COCCCN1C(=O)C[C@@](CC(=O)N[C@@H](C)Cc2ccsc2)(c2ccccc2)C1=O. The highest BCUT2D eigenvalue weighted by atomic mass is 32.1. The zero-order valence-electron chi connectivity index (χ0n) is 17.4. The molecule has 1 fully saturated rings. The zero-order chi connectivity index (χ0) is 21.6. The molecule has 0 radical (unpaired) electrons. The van der Waals surface area contributed by atoms with Crippen molar-refractivity contribution < 1.29 is 19.1 Å². The predicted octanol–water partition coefficient (Wildman–Crippen LogP) is 2.92. The van der Waals surface area contributed by atoms with Crippen LogP contribution in [-0.4, -0.2) is 48.9 Å². The Labute approximate surface area is 181 Å². The molecule has 160 valence electrons. The normalized spacial score (nSPS) is 19.9. The molecule has 0 saturated carbocycles. The highest BCUT2D eigenvalue weighted by Crippen LogP contribution is 2.40. The highest BCUT2D eigenvalue weighted by Gasteiger charge is 2.53. The van der Waals surface area contributed by atoms with Crippen molar-refractivity contribution >= 4 is 29.1 Å². The van der Waals surface area contributed by atoms with E-state index < -0.39 is 5.41 Å². The van der Waals surface area contributed by atoms with Crippen molar-refractivity contribution in [2.75, 3.05) is 20.3 Å². The Kier molecular flexibility index (Phi) is 7.39. The molecule has 0 spiro atoms. The van der Waals surface area contributed by atoms with Crippen LogP contribution in [0.1, 0.15) is 37.3 Å². The number of ether oxygens (including phenoxy) is 1. The van der Waals surface area contributed by atoms with Crippen LogP contribution in [0, 0.1) is 0 Å². The van der Waals surface area contributed by atoms with Crippen LogP contribution in [0.15, 0.2) is 47.2 Å². The third kappa shape index (κ3) is 4.96. The third-order valence-electron chi connectivity index (χ3n) is 5.46. The number of imide groups is 1. The van der Waals surface area contributed by atoms with Crippen molar-refractivity contribution in [3.63, 3.8) is 0 Å². The van der Waals surface area contributed by atoms with Gasteiger partial charge >= 0.3 is 0 Å². The molecule has 2 heterocycles. The van der Waals surface area contributed by atoms with E-state index in [2.05, 4.69) is 10.7 Å². The van der Waals surface area contributed by atoms with E-state index in [4.69, 9.17) is 4.74 Å². The molecular weight excluding hydrogens is 400 g/mol. The quantitative estimate of drug-likeness (QED) is 0.466. The van der Waals surface area contributed by atoms with E-state index in [0.29, 0.717) is 25.1 Å². The number of rotatable bonds is 10. The molecule has 30 heavy (non-hydrogen) atoms. The first-order chi connectivity index (χ1) is 14.5. The van der Waals surface area contributed by atoms with E-state index in [0.717, 1.165) is 6.42 Å². The number of hydrogen-bond acceptors (Lipinski definition) is 5. The standard InChI is InChI=1S/C23H28N2O4S/c1-17(13-18-9-12-30-16-18)24-20(26)14-23(19-7-4-3-5-8-19)15-21(27)25(22(23)28)10-6-11-29-2/h3-5,7-9,12,16-17H,6,10-11,13-15H2,1-2H3,(H,24,26)/t17-,23-/m0/s1. The molecule has 0 aliphatic carbocycles. The minimum Gasteiger partial charge on any atom is -0.385 e. The van der Waals surface area contributed by atoms with Gasteiger partial charge in [-0.05, 0) is 47.7 Å². The molecule has 1 aliphatic rings. The number of thiophene rings is 1. The maximum absolute atomic E-state index is 13.4. The molecular formula is C23H28N2O4S. The molecule has 3 rings (SSSR count).